The van der Waals surface area contributed by atoms with E-state index in [0.717, 1.165) is 18.5 Å². The van der Waals surface area contributed by atoms with Crippen LogP contribution in [-0.2, 0) is 19.4 Å². The van der Waals surface area contributed by atoms with E-state index in [1.54, 1.807) is 18.5 Å². The third-order valence-corrected chi connectivity index (χ3v) is 3.63. The van der Waals surface area contributed by atoms with Crippen molar-refractivity contribution in [2.75, 3.05) is 0 Å². The first kappa shape index (κ1) is 11.9. The third kappa shape index (κ3) is 2.24. The molecule has 0 fully saturated rings. The molecule has 0 bridgehead atoms. The molecule has 1 aromatic heterocycles. The van der Waals surface area contributed by atoms with E-state index in [1.807, 2.05) is 10.6 Å². The number of aryl methyl sites for hydroxylation is 1. The van der Waals surface area contributed by atoms with Gasteiger partial charge in [0, 0.05) is 11.3 Å². The summed E-state index contributed by atoms with van der Waals surface area (Å²) in [5, 5.41) is 8.74. The molecule has 0 aliphatic heterocycles. The van der Waals surface area contributed by atoms with E-state index in [2.05, 4.69) is 4.98 Å². The lowest BCUT2D eigenvalue weighted by Gasteiger charge is -2.14. The maximum Gasteiger partial charge on any atom is 0.129 e. The Bertz CT molecular complexity index is 652. The molecule has 3 rings (SSSR count). The van der Waals surface area contributed by atoms with Gasteiger partial charge in [-0.05, 0) is 37.8 Å². The minimum atomic E-state index is -0.322. The number of fused-ring (bicyclic) bond motifs is 1. The van der Waals surface area contributed by atoms with Crippen LogP contribution in [0.25, 0.3) is 0 Å². The molecule has 2 aromatic rings. The number of aromatic nitrogens is 2. The van der Waals surface area contributed by atoms with Gasteiger partial charge in [-0.15, -0.1) is 0 Å². The Kier molecular flexibility index (Phi) is 3.04. The summed E-state index contributed by atoms with van der Waals surface area (Å²) in [5.41, 5.74) is 3.34. The van der Waals surface area contributed by atoms with Gasteiger partial charge in [0.2, 0.25) is 0 Å². The van der Waals surface area contributed by atoms with E-state index >= 15 is 0 Å². The van der Waals surface area contributed by atoms with Crippen molar-refractivity contribution >= 4 is 0 Å². The number of nitriles is 1. The molecular formula is C15H14FN3. The number of rotatable bonds is 2. The Morgan fingerprint density at radius 1 is 1.32 bits per heavy atom. The topological polar surface area (TPSA) is 41.6 Å². The van der Waals surface area contributed by atoms with Crippen molar-refractivity contribution in [3.05, 3.63) is 52.9 Å². The van der Waals surface area contributed by atoms with Crippen molar-refractivity contribution in [1.82, 2.24) is 9.55 Å². The Morgan fingerprint density at radius 3 is 2.95 bits per heavy atom. The Hall–Kier alpha value is -2.15. The zero-order chi connectivity index (χ0) is 13.2. The van der Waals surface area contributed by atoms with Gasteiger partial charge in [0.1, 0.15) is 5.82 Å². The van der Waals surface area contributed by atoms with Crippen molar-refractivity contribution in [3.63, 3.8) is 0 Å². The quantitative estimate of drug-likeness (QED) is 0.828. The highest BCUT2D eigenvalue weighted by atomic mass is 19.1. The highest BCUT2D eigenvalue weighted by molar-refractivity contribution is 5.33. The first-order valence-corrected chi connectivity index (χ1v) is 6.49. The SMILES string of the molecule is N#Cc1ccc(Cn2cnc3c2CCCC3)c(F)c1. The second kappa shape index (κ2) is 4.85. The van der Waals surface area contributed by atoms with Gasteiger partial charge in [0.05, 0.1) is 30.2 Å². The first-order valence-electron chi connectivity index (χ1n) is 6.49. The second-order valence-electron chi connectivity index (χ2n) is 4.89. The summed E-state index contributed by atoms with van der Waals surface area (Å²) < 4.78 is 15.9. The number of hydrogen-bond acceptors (Lipinski definition) is 2. The number of benzene rings is 1. The molecule has 0 unspecified atom stereocenters. The van der Waals surface area contributed by atoms with Crippen molar-refractivity contribution in [2.24, 2.45) is 0 Å². The fraction of sp³-hybridized carbons (Fsp3) is 0.333. The van der Waals surface area contributed by atoms with Gasteiger partial charge in [-0.2, -0.15) is 5.26 Å². The van der Waals surface area contributed by atoms with Crippen molar-refractivity contribution < 1.29 is 4.39 Å². The Balaban J connectivity index is 1.89. The third-order valence-electron chi connectivity index (χ3n) is 3.63. The maximum absolute atomic E-state index is 13.9. The fourth-order valence-electron chi connectivity index (χ4n) is 2.60. The highest BCUT2D eigenvalue weighted by Crippen LogP contribution is 2.21. The normalized spacial score (nSPS) is 13.9. The predicted molar refractivity (Wildman–Crippen MR) is 69.1 cm³/mol. The molecule has 1 heterocycles. The molecule has 0 saturated carbocycles. The lowest BCUT2D eigenvalue weighted by Crippen LogP contribution is -2.09. The summed E-state index contributed by atoms with van der Waals surface area (Å²) in [5.74, 6) is -0.322. The molecule has 0 N–H and O–H groups in total. The van der Waals surface area contributed by atoms with Crippen LogP contribution in [0.1, 0.15) is 35.4 Å². The smallest absolute Gasteiger partial charge is 0.129 e. The fourth-order valence-corrected chi connectivity index (χ4v) is 2.60. The van der Waals surface area contributed by atoms with E-state index in [0.29, 0.717) is 17.7 Å². The van der Waals surface area contributed by atoms with E-state index < -0.39 is 0 Å². The largest absolute Gasteiger partial charge is 0.330 e. The Labute approximate surface area is 111 Å². The molecule has 3 nitrogen and oxygen atoms in total. The molecule has 96 valence electrons. The molecule has 0 amide bonds. The monoisotopic (exact) mass is 255 g/mol. The summed E-state index contributed by atoms with van der Waals surface area (Å²) in [6.07, 6.45) is 6.21. The minimum absolute atomic E-state index is 0.322. The van der Waals surface area contributed by atoms with E-state index in [4.69, 9.17) is 5.26 Å². The van der Waals surface area contributed by atoms with E-state index in [-0.39, 0.29) is 5.82 Å². The summed E-state index contributed by atoms with van der Waals surface area (Å²) in [6, 6.07) is 6.57. The van der Waals surface area contributed by atoms with Crippen LogP contribution in [-0.4, -0.2) is 9.55 Å². The Morgan fingerprint density at radius 2 is 2.16 bits per heavy atom. The van der Waals surface area contributed by atoms with Gasteiger partial charge >= 0.3 is 0 Å². The average molecular weight is 255 g/mol. The molecule has 1 aromatic carbocycles. The van der Waals surface area contributed by atoms with Crippen molar-refractivity contribution in [2.45, 2.75) is 32.2 Å². The maximum atomic E-state index is 13.9. The molecule has 0 spiro atoms. The average Bonchev–Trinajstić information content (AvgIpc) is 2.84. The summed E-state index contributed by atoms with van der Waals surface area (Å²) in [6.45, 7) is 0.486. The van der Waals surface area contributed by atoms with Crippen LogP contribution in [0.4, 0.5) is 4.39 Å². The van der Waals surface area contributed by atoms with Gasteiger partial charge in [-0.1, -0.05) is 6.07 Å². The molecule has 0 saturated heterocycles. The van der Waals surface area contributed by atoms with Crippen LogP contribution in [0.2, 0.25) is 0 Å². The zero-order valence-electron chi connectivity index (χ0n) is 10.6. The van der Waals surface area contributed by atoms with Gasteiger partial charge in [0.25, 0.3) is 0 Å². The lowest BCUT2D eigenvalue weighted by atomic mass is 10.0. The summed E-state index contributed by atoms with van der Waals surface area (Å²) in [4.78, 5) is 4.40. The van der Waals surface area contributed by atoms with E-state index in [9.17, 15) is 4.39 Å². The molecule has 1 aliphatic carbocycles. The second-order valence-corrected chi connectivity index (χ2v) is 4.89. The van der Waals surface area contributed by atoms with Crippen LogP contribution >= 0.6 is 0 Å². The molecule has 0 atom stereocenters. The number of halogens is 1. The number of nitrogens with zero attached hydrogens (tertiary/aromatic N) is 3. The standard InChI is InChI=1S/C15H14FN3/c16-13-7-11(8-17)5-6-12(13)9-19-10-18-14-3-1-2-4-15(14)19/h5-7,10H,1-4,9H2. The van der Waals surface area contributed by atoms with Crippen LogP contribution in [0, 0.1) is 17.1 Å². The highest BCUT2D eigenvalue weighted by Gasteiger charge is 2.16. The van der Waals surface area contributed by atoms with Crippen LogP contribution in [0.5, 0.6) is 0 Å². The minimum Gasteiger partial charge on any atom is -0.330 e. The van der Waals surface area contributed by atoms with Crippen LogP contribution < -0.4 is 0 Å². The summed E-state index contributed by atoms with van der Waals surface area (Å²) in [7, 11) is 0. The van der Waals surface area contributed by atoms with Gasteiger partial charge in [0.15, 0.2) is 0 Å². The zero-order valence-corrected chi connectivity index (χ0v) is 10.6. The predicted octanol–water partition coefficient (Wildman–Crippen LogP) is 2.82. The van der Waals surface area contributed by atoms with Crippen LogP contribution in [0.15, 0.2) is 24.5 Å². The van der Waals surface area contributed by atoms with Gasteiger partial charge in [-0.25, -0.2) is 9.37 Å². The van der Waals surface area contributed by atoms with Crippen molar-refractivity contribution in [1.29, 1.82) is 5.26 Å². The van der Waals surface area contributed by atoms with Gasteiger partial charge in [-0.3, -0.25) is 0 Å². The van der Waals surface area contributed by atoms with Gasteiger partial charge < -0.3 is 4.57 Å². The van der Waals surface area contributed by atoms with Crippen LogP contribution in [0.3, 0.4) is 0 Å². The molecule has 19 heavy (non-hydrogen) atoms. The molecule has 4 heteroatoms. The molecular weight excluding hydrogens is 241 g/mol. The molecule has 0 radical (unpaired) electrons. The summed E-state index contributed by atoms with van der Waals surface area (Å²) >= 11 is 0. The number of hydrogen-bond donors (Lipinski definition) is 0. The lowest BCUT2D eigenvalue weighted by molar-refractivity contribution is 0.585. The van der Waals surface area contributed by atoms with Crippen molar-refractivity contribution in [3.8, 4) is 6.07 Å². The van der Waals surface area contributed by atoms with E-state index in [1.165, 1.54) is 24.6 Å². The molecule has 1 aliphatic rings. The first-order chi connectivity index (χ1) is 9.28. The number of imidazole rings is 1.